The molecule has 3 nitrogen and oxygen atoms in total. The van der Waals surface area contributed by atoms with Crippen molar-refractivity contribution in [2.24, 2.45) is 0 Å². The number of carbonyl (C=O) groups is 1. The molecule has 18 heavy (non-hydrogen) atoms. The number of aryl methyl sites for hydroxylation is 1. The lowest BCUT2D eigenvalue weighted by atomic mass is 9.92. The van der Waals surface area contributed by atoms with Gasteiger partial charge in [0.15, 0.2) is 0 Å². The van der Waals surface area contributed by atoms with E-state index < -0.39 is 5.54 Å². The van der Waals surface area contributed by atoms with Crippen LogP contribution in [0, 0.1) is 18.3 Å². The first kappa shape index (κ1) is 13.1. The molecule has 1 N–H and O–H groups in total. The Morgan fingerprint density at radius 1 is 1.33 bits per heavy atom. The third-order valence-electron chi connectivity index (χ3n) is 3.49. The van der Waals surface area contributed by atoms with Crippen molar-refractivity contribution in [1.29, 1.82) is 5.26 Å². The second-order valence-electron chi connectivity index (χ2n) is 4.97. The van der Waals surface area contributed by atoms with Crippen molar-refractivity contribution in [3.8, 4) is 6.07 Å². The highest BCUT2D eigenvalue weighted by Gasteiger charge is 2.33. The molecule has 0 radical (unpaired) electrons. The van der Waals surface area contributed by atoms with Gasteiger partial charge in [0.25, 0.3) is 5.91 Å². The molecule has 96 valence electrons. The minimum atomic E-state index is -0.647. The lowest BCUT2D eigenvalue weighted by molar-refractivity contribution is 0.0917. The smallest absolute Gasteiger partial charge is 0.262 e. The Bertz CT molecular complexity index is 464. The van der Waals surface area contributed by atoms with Gasteiger partial charge < -0.3 is 5.32 Å². The molecule has 1 aromatic rings. The number of thiophene rings is 1. The molecular weight excluding hydrogens is 244 g/mol. The Morgan fingerprint density at radius 2 is 2.00 bits per heavy atom. The fraction of sp³-hybridized carbons (Fsp3) is 0.571. The SMILES string of the molecule is Cc1ccc(C(=O)NC2(C#N)CCCCCC2)s1. The summed E-state index contributed by atoms with van der Waals surface area (Å²) in [6, 6.07) is 6.10. The van der Waals surface area contributed by atoms with Crippen molar-refractivity contribution in [3.63, 3.8) is 0 Å². The molecule has 1 aliphatic rings. The number of amides is 1. The van der Waals surface area contributed by atoms with Crippen molar-refractivity contribution in [2.75, 3.05) is 0 Å². The summed E-state index contributed by atoms with van der Waals surface area (Å²) in [5.74, 6) is -0.100. The van der Waals surface area contributed by atoms with E-state index in [1.165, 1.54) is 11.3 Å². The summed E-state index contributed by atoms with van der Waals surface area (Å²) in [7, 11) is 0. The van der Waals surface area contributed by atoms with Gasteiger partial charge in [-0.05, 0) is 31.9 Å². The van der Waals surface area contributed by atoms with Gasteiger partial charge in [0.1, 0.15) is 5.54 Å². The summed E-state index contributed by atoms with van der Waals surface area (Å²) < 4.78 is 0. The third kappa shape index (κ3) is 2.91. The zero-order valence-electron chi connectivity index (χ0n) is 10.7. The van der Waals surface area contributed by atoms with E-state index >= 15 is 0 Å². The Morgan fingerprint density at radius 3 is 2.50 bits per heavy atom. The molecule has 0 aromatic carbocycles. The van der Waals surface area contributed by atoms with E-state index in [4.69, 9.17) is 0 Å². The maximum atomic E-state index is 12.2. The Hall–Kier alpha value is -1.34. The van der Waals surface area contributed by atoms with E-state index in [0.717, 1.165) is 43.4 Å². The van der Waals surface area contributed by atoms with Crippen LogP contribution in [0.5, 0.6) is 0 Å². The molecule has 1 fully saturated rings. The quantitative estimate of drug-likeness (QED) is 0.830. The van der Waals surface area contributed by atoms with Gasteiger partial charge in [0.05, 0.1) is 10.9 Å². The first-order valence-corrected chi connectivity index (χ1v) is 7.27. The maximum absolute atomic E-state index is 12.2. The van der Waals surface area contributed by atoms with Crippen LogP contribution in [0.1, 0.15) is 53.1 Å². The molecule has 0 spiro atoms. The Labute approximate surface area is 112 Å². The van der Waals surface area contributed by atoms with E-state index in [1.807, 2.05) is 19.1 Å². The van der Waals surface area contributed by atoms with Crippen LogP contribution < -0.4 is 5.32 Å². The summed E-state index contributed by atoms with van der Waals surface area (Å²) in [6.07, 6.45) is 5.93. The lowest BCUT2D eigenvalue weighted by Gasteiger charge is -2.25. The van der Waals surface area contributed by atoms with Crippen LogP contribution in [0.4, 0.5) is 0 Å². The molecule has 1 aliphatic carbocycles. The van der Waals surface area contributed by atoms with E-state index in [0.29, 0.717) is 4.88 Å². The van der Waals surface area contributed by atoms with Crippen molar-refractivity contribution in [2.45, 2.75) is 51.0 Å². The summed E-state index contributed by atoms with van der Waals surface area (Å²) in [6.45, 7) is 1.98. The van der Waals surface area contributed by atoms with Crippen molar-refractivity contribution in [1.82, 2.24) is 5.32 Å². The number of nitriles is 1. The number of hydrogen-bond donors (Lipinski definition) is 1. The summed E-state index contributed by atoms with van der Waals surface area (Å²) in [5.41, 5.74) is -0.647. The molecule has 0 unspecified atom stereocenters. The fourth-order valence-corrected chi connectivity index (χ4v) is 3.20. The molecule has 2 rings (SSSR count). The molecule has 0 atom stereocenters. The number of carbonyl (C=O) groups excluding carboxylic acids is 1. The topological polar surface area (TPSA) is 52.9 Å². The third-order valence-corrected chi connectivity index (χ3v) is 4.49. The highest BCUT2D eigenvalue weighted by atomic mass is 32.1. The van der Waals surface area contributed by atoms with E-state index in [9.17, 15) is 10.1 Å². The average Bonchev–Trinajstić information content (AvgIpc) is 2.66. The summed E-state index contributed by atoms with van der Waals surface area (Å²) in [4.78, 5) is 14.0. The van der Waals surface area contributed by atoms with Crippen LogP contribution in [-0.2, 0) is 0 Å². The van der Waals surface area contributed by atoms with Gasteiger partial charge >= 0.3 is 0 Å². The zero-order chi connectivity index (χ0) is 13.0. The number of hydrogen-bond acceptors (Lipinski definition) is 3. The molecule has 0 bridgehead atoms. The molecule has 1 amide bonds. The number of nitrogens with zero attached hydrogens (tertiary/aromatic N) is 1. The standard InChI is InChI=1S/C14H18N2OS/c1-11-6-7-12(18-11)13(17)16-14(10-15)8-4-2-3-5-9-14/h6-7H,2-5,8-9H2,1H3,(H,16,17). The number of nitrogens with one attached hydrogen (secondary N) is 1. The van der Waals surface area contributed by atoms with Crippen LogP contribution in [-0.4, -0.2) is 11.4 Å². The normalized spacial score (nSPS) is 18.7. The number of rotatable bonds is 2. The van der Waals surface area contributed by atoms with Crippen LogP contribution in [0.15, 0.2) is 12.1 Å². The molecule has 1 saturated carbocycles. The summed E-state index contributed by atoms with van der Waals surface area (Å²) >= 11 is 1.48. The molecule has 0 aliphatic heterocycles. The monoisotopic (exact) mass is 262 g/mol. The van der Waals surface area contributed by atoms with Gasteiger partial charge in [-0.2, -0.15) is 5.26 Å². The van der Waals surface area contributed by atoms with Gasteiger partial charge in [-0.1, -0.05) is 25.7 Å². The average molecular weight is 262 g/mol. The van der Waals surface area contributed by atoms with Crippen LogP contribution >= 0.6 is 11.3 Å². The second-order valence-corrected chi connectivity index (χ2v) is 6.26. The Balaban J connectivity index is 2.10. The second kappa shape index (κ2) is 5.53. The highest BCUT2D eigenvalue weighted by molar-refractivity contribution is 7.13. The first-order valence-electron chi connectivity index (χ1n) is 6.45. The highest BCUT2D eigenvalue weighted by Crippen LogP contribution is 2.27. The Kier molecular flexibility index (Phi) is 4.03. The predicted molar refractivity (Wildman–Crippen MR) is 72.6 cm³/mol. The molecule has 1 heterocycles. The first-order chi connectivity index (χ1) is 8.65. The van der Waals surface area contributed by atoms with E-state index in [-0.39, 0.29) is 5.91 Å². The van der Waals surface area contributed by atoms with Crippen LogP contribution in [0.25, 0.3) is 0 Å². The van der Waals surface area contributed by atoms with Crippen molar-refractivity contribution < 1.29 is 4.79 Å². The lowest BCUT2D eigenvalue weighted by Crippen LogP contribution is -2.46. The van der Waals surface area contributed by atoms with Gasteiger partial charge in [-0.3, -0.25) is 4.79 Å². The van der Waals surface area contributed by atoms with Crippen LogP contribution in [0.3, 0.4) is 0 Å². The molecule has 4 heteroatoms. The van der Waals surface area contributed by atoms with E-state index in [1.54, 1.807) is 0 Å². The van der Waals surface area contributed by atoms with Crippen molar-refractivity contribution in [3.05, 3.63) is 21.9 Å². The van der Waals surface area contributed by atoms with Gasteiger partial charge in [0.2, 0.25) is 0 Å². The van der Waals surface area contributed by atoms with Gasteiger partial charge in [0, 0.05) is 4.88 Å². The molecule has 0 saturated heterocycles. The maximum Gasteiger partial charge on any atom is 0.262 e. The molecule has 1 aromatic heterocycles. The van der Waals surface area contributed by atoms with E-state index in [2.05, 4.69) is 11.4 Å². The van der Waals surface area contributed by atoms with Gasteiger partial charge in [-0.15, -0.1) is 11.3 Å². The zero-order valence-corrected chi connectivity index (χ0v) is 11.5. The van der Waals surface area contributed by atoms with Gasteiger partial charge in [-0.25, -0.2) is 0 Å². The minimum Gasteiger partial charge on any atom is -0.333 e. The summed E-state index contributed by atoms with van der Waals surface area (Å²) in [5, 5.41) is 12.4. The predicted octanol–water partition coefficient (Wildman–Crippen LogP) is 3.40. The largest absolute Gasteiger partial charge is 0.333 e. The van der Waals surface area contributed by atoms with Crippen molar-refractivity contribution >= 4 is 17.2 Å². The molecular formula is C14H18N2OS. The fourth-order valence-electron chi connectivity index (χ4n) is 2.43. The minimum absolute atomic E-state index is 0.100. The van der Waals surface area contributed by atoms with Crippen LogP contribution in [0.2, 0.25) is 0 Å².